The number of benzene rings is 2. The molecule has 0 bridgehead atoms. The number of methoxy groups -OCH3 is 2. The predicted molar refractivity (Wildman–Crippen MR) is 115 cm³/mol. The molecule has 0 radical (unpaired) electrons. The number of para-hydroxylation sites is 2. The van der Waals surface area contributed by atoms with Crippen LogP contribution in [0.2, 0.25) is 0 Å². The Morgan fingerprint density at radius 1 is 0.967 bits per heavy atom. The van der Waals surface area contributed by atoms with E-state index in [4.69, 9.17) is 9.47 Å². The number of piperazine rings is 1. The van der Waals surface area contributed by atoms with Crippen molar-refractivity contribution in [1.29, 1.82) is 0 Å². The van der Waals surface area contributed by atoms with Gasteiger partial charge in [0.25, 0.3) is 0 Å². The summed E-state index contributed by atoms with van der Waals surface area (Å²) in [4.78, 5) is 31.5. The Labute approximate surface area is 176 Å². The highest BCUT2D eigenvalue weighted by molar-refractivity contribution is 6.00. The van der Waals surface area contributed by atoms with E-state index in [0.29, 0.717) is 25.4 Å². The topological polar surface area (TPSA) is 62.3 Å². The molecule has 30 heavy (non-hydrogen) atoms. The number of rotatable bonds is 5. The van der Waals surface area contributed by atoms with Crippen molar-refractivity contribution >= 4 is 23.2 Å². The van der Waals surface area contributed by atoms with Gasteiger partial charge in [-0.2, -0.15) is 0 Å². The van der Waals surface area contributed by atoms with Gasteiger partial charge in [0.2, 0.25) is 11.8 Å². The zero-order valence-electron chi connectivity index (χ0n) is 17.4. The van der Waals surface area contributed by atoms with Crippen LogP contribution in [0.25, 0.3) is 0 Å². The van der Waals surface area contributed by atoms with Crippen LogP contribution in [-0.4, -0.2) is 63.7 Å². The van der Waals surface area contributed by atoms with E-state index in [1.165, 1.54) is 0 Å². The summed E-state index contributed by atoms with van der Waals surface area (Å²) in [5.74, 6) is 1.28. The van der Waals surface area contributed by atoms with Crippen molar-refractivity contribution in [2.45, 2.75) is 6.42 Å². The molecule has 2 aliphatic heterocycles. The molecule has 1 atom stereocenters. The van der Waals surface area contributed by atoms with Gasteiger partial charge in [-0.15, -0.1) is 0 Å². The molecule has 2 saturated heterocycles. The Hall–Kier alpha value is -3.22. The number of hydrogen-bond donors (Lipinski definition) is 0. The zero-order chi connectivity index (χ0) is 21.1. The number of nitrogens with zero attached hydrogens (tertiary/aromatic N) is 3. The summed E-state index contributed by atoms with van der Waals surface area (Å²) in [6.45, 7) is 3.18. The fourth-order valence-corrected chi connectivity index (χ4v) is 4.22. The summed E-state index contributed by atoms with van der Waals surface area (Å²) in [6, 6.07) is 15.3. The van der Waals surface area contributed by atoms with Gasteiger partial charge in [-0.3, -0.25) is 9.59 Å². The molecule has 2 amide bonds. The molecule has 4 rings (SSSR count). The van der Waals surface area contributed by atoms with E-state index < -0.39 is 0 Å². The summed E-state index contributed by atoms with van der Waals surface area (Å²) in [5.41, 5.74) is 1.82. The molecule has 7 nitrogen and oxygen atoms in total. The molecule has 0 aliphatic carbocycles. The number of anilines is 2. The lowest BCUT2D eigenvalue weighted by molar-refractivity contribution is -0.136. The van der Waals surface area contributed by atoms with Crippen molar-refractivity contribution in [1.82, 2.24) is 4.90 Å². The zero-order valence-corrected chi connectivity index (χ0v) is 17.4. The summed E-state index contributed by atoms with van der Waals surface area (Å²) in [6.07, 6.45) is 0.253. The van der Waals surface area contributed by atoms with Gasteiger partial charge in [0.05, 0.1) is 25.8 Å². The molecule has 2 aromatic carbocycles. The molecule has 0 saturated carbocycles. The molecule has 0 spiro atoms. The first-order valence-corrected chi connectivity index (χ1v) is 10.2. The van der Waals surface area contributed by atoms with E-state index >= 15 is 0 Å². The van der Waals surface area contributed by atoms with Crippen LogP contribution < -0.4 is 19.3 Å². The summed E-state index contributed by atoms with van der Waals surface area (Å²) < 4.78 is 10.7. The van der Waals surface area contributed by atoms with Crippen LogP contribution in [0.1, 0.15) is 6.42 Å². The molecule has 7 heteroatoms. The largest absolute Gasteiger partial charge is 0.497 e. The maximum atomic E-state index is 13.1. The minimum atomic E-state index is -0.304. The first-order valence-electron chi connectivity index (χ1n) is 10.2. The second-order valence-electron chi connectivity index (χ2n) is 7.59. The number of carbonyl (C=O) groups excluding carboxylic acids is 2. The third-order valence-electron chi connectivity index (χ3n) is 5.86. The SMILES string of the molecule is COc1cccc(N2C[C@H](C(=O)N3CCN(c4ccccc4OC)CC3)CC2=O)c1. The minimum absolute atomic E-state index is 0.0192. The average Bonchev–Trinajstić information content (AvgIpc) is 3.20. The highest BCUT2D eigenvalue weighted by Gasteiger charge is 2.38. The van der Waals surface area contributed by atoms with Gasteiger partial charge in [-0.1, -0.05) is 18.2 Å². The maximum absolute atomic E-state index is 13.1. The first-order chi connectivity index (χ1) is 14.6. The van der Waals surface area contributed by atoms with Crippen molar-refractivity contribution in [2.24, 2.45) is 5.92 Å². The average molecular weight is 409 g/mol. The van der Waals surface area contributed by atoms with Crippen LogP contribution in [0.15, 0.2) is 48.5 Å². The molecule has 2 aliphatic rings. The second kappa shape index (κ2) is 8.65. The number of amides is 2. The molecule has 0 aromatic heterocycles. The van der Waals surface area contributed by atoms with E-state index in [0.717, 1.165) is 30.2 Å². The van der Waals surface area contributed by atoms with Crippen LogP contribution in [0, 0.1) is 5.92 Å². The smallest absolute Gasteiger partial charge is 0.228 e. The van der Waals surface area contributed by atoms with Gasteiger partial charge < -0.3 is 24.2 Å². The molecular weight excluding hydrogens is 382 g/mol. The molecule has 0 unspecified atom stereocenters. The van der Waals surface area contributed by atoms with Crippen molar-refractivity contribution in [2.75, 3.05) is 56.7 Å². The molecule has 0 N–H and O–H groups in total. The quantitative estimate of drug-likeness (QED) is 0.759. The van der Waals surface area contributed by atoms with Gasteiger partial charge in [0.1, 0.15) is 11.5 Å². The van der Waals surface area contributed by atoms with Crippen molar-refractivity contribution in [3.05, 3.63) is 48.5 Å². The van der Waals surface area contributed by atoms with Gasteiger partial charge in [-0.25, -0.2) is 0 Å². The standard InChI is InChI=1S/C23H27N3O4/c1-29-19-7-5-6-18(15-19)26-16-17(14-22(26)27)23(28)25-12-10-24(11-13-25)20-8-3-4-9-21(20)30-2/h3-9,15,17H,10-14,16H2,1-2H3/t17-/m1/s1. The number of carbonyl (C=O) groups is 2. The van der Waals surface area contributed by atoms with E-state index in [1.807, 2.05) is 53.4 Å². The molecule has 2 fully saturated rings. The van der Waals surface area contributed by atoms with E-state index in [2.05, 4.69) is 4.90 Å². The van der Waals surface area contributed by atoms with Gasteiger partial charge in [-0.05, 0) is 24.3 Å². The van der Waals surface area contributed by atoms with Crippen molar-refractivity contribution in [3.8, 4) is 11.5 Å². The van der Waals surface area contributed by atoms with E-state index in [-0.39, 0.29) is 24.2 Å². The molecule has 158 valence electrons. The normalized spacial score (nSPS) is 19.2. The Morgan fingerprint density at radius 3 is 2.47 bits per heavy atom. The van der Waals surface area contributed by atoms with E-state index in [9.17, 15) is 9.59 Å². The van der Waals surface area contributed by atoms with Gasteiger partial charge in [0.15, 0.2) is 0 Å². The van der Waals surface area contributed by atoms with Gasteiger partial charge in [0, 0.05) is 50.9 Å². The molecule has 2 aromatic rings. The van der Waals surface area contributed by atoms with Crippen molar-refractivity contribution < 1.29 is 19.1 Å². The van der Waals surface area contributed by atoms with Crippen LogP contribution >= 0.6 is 0 Å². The van der Waals surface area contributed by atoms with Crippen molar-refractivity contribution in [3.63, 3.8) is 0 Å². The van der Waals surface area contributed by atoms with Crippen LogP contribution in [0.3, 0.4) is 0 Å². The summed E-state index contributed by atoms with van der Waals surface area (Å²) >= 11 is 0. The third kappa shape index (κ3) is 3.92. The Bertz CT molecular complexity index is 924. The first kappa shape index (κ1) is 20.1. The lowest BCUT2D eigenvalue weighted by Gasteiger charge is -2.37. The van der Waals surface area contributed by atoms with Crippen LogP contribution in [0.4, 0.5) is 11.4 Å². The lowest BCUT2D eigenvalue weighted by atomic mass is 10.1. The lowest BCUT2D eigenvalue weighted by Crippen LogP contribution is -2.50. The Balaban J connectivity index is 1.38. The van der Waals surface area contributed by atoms with Gasteiger partial charge >= 0.3 is 0 Å². The Morgan fingerprint density at radius 2 is 1.73 bits per heavy atom. The summed E-state index contributed by atoms with van der Waals surface area (Å²) in [5, 5.41) is 0. The fourth-order valence-electron chi connectivity index (χ4n) is 4.22. The molecule has 2 heterocycles. The maximum Gasteiger partial charge on any atom is 0.228 e. The monoisotopic (exact) mass is 409 g/mol. The predicted octanol–water partition coefficient (Wildman–Crippen LogP) is 2.41. The third-order valence-corrected chi connectivity index (χ3v) is 5.86. The van der Waals surface area contributed by atoms with E-state index in [1.54, 1.807) is 19.1 Å². The summed E-state index contributed by atoms with van der Waals surface area (Å²) in [7, 11) is 3.27. The highest BCUT2D eigenvalue weighted by atomic mass is 16.5. The number of ether oxygens (including phenoxy) is 2. The number of hydrogen-bond acceptors (Lipinski definition) is 5. The highest BCUT2D eigenvalue weighted by Crippen LogP contribution is 2.31. The minimum Gasteiger partial charge on any atom is -0.497 e. The van der Waals surface area contributed by atoms with Crippen LogP contribution in [0.5, 0.6) is 11.5 Å². The molecular formula is C23H27N3O4. The Kier molecular flexibility index (Phi) is 5.79. The van der Waals surface area contributed by atoms with Crippen LogP contribution in [-0.2, 0) is 9.59 Å². The second-order valence-corrected chi connectivity index (χ2v) is 7.59. The fraction of sp³-hybridized carbons (Fsp3) is 0.391.